The van der Waals surface area contributed by atoms with Crippen LogP contribution in [0.25, 0.3) is 39.5 Å². The Hall–Kier alpha value is -4.93. The lowest BCUT2D eigenvalue weighted by Crippen LogP contribution is -2.48. The van der Waals surface area contributed by atoms with E-state index >= 15 is 0 Å². The van der Waals surface area contributed by atoms with Crippen molar-refractivity contribution in [3.8, 4) is 28.3 Å². The first-order valence-electron chi connectivity index (χ1n) is 13.8. The van der Waals surface area contributed by atoms with Gasteiger partial charge < -0.3 is 10.6 Å². The molecule has 6 aromatic rings. The third-order valence-corrected chi connectivity index (χ3v) is 8.15. The van der Waals surface area contributed by atoms with Gasteiger partial charge in [-0.05, 0) is 42.0 Å². The zero-order valence-electron chi connectivity index (χ0n) is 22.8. The standard InChI is InChI=1S/C32H28N8OS/c33-29-25(7-4-14-34-29)30-37-27-13-12-26(23-5-2-1-3-6-23)36-31(27)40(30)24-10-8-22(9-11-24)19-38-15-17-39(18-16-38)32(41)28-20-42-21-35-28/h1-14,20-21H,15-19H2,(H2,33,34). The molecule has 208 valence electrons. The highest BCUT2D eigenvalue weighted by molar-refractivity contribution is 7.07. The van der Waals surface area contributed by atoms with Crippen molar-refractivity contribution in [2.24, 2.45) is 0 Å². The summed E-state index contributed by atoms with van der Waals surface area (Å²) in [6.45, 7) is 3.84. The Morgan fingerprint density at radius 1 is 0.857 bits per heavy atom. The molecule has 0 aliphatic carbocycles. The minimum Gasteiger partial charge on any atom is -0.383 e. The third kappa shape index (κ3) is 5.02. The number of nitrogen functional groups attached to an aromatic ring is 1. The molecule has 1 saturated heterocycles. The van der Waals surface area contributed by atoms with E-state index in [0.29, 0.717) is 30.4 Å². The summed E-state index contributed by atoms with van der Waals surface area (Å²) in [7, 11) is 0. The predicted molar refractivity (Wildman–Crippen MR) is 165 cm³/mol. The molecular weight excluding hydrogens is 544 g/mol. The highest BCUT2D eigenvalue weighted by Gasteiger charge is 2.23. The van der Waals surface area contributed by atoms with Crippen LogP contribution in [-0.4, -0.2) is 66.4 Å². The lowest BCUT2D eigenvalue weighted by Gasteiger charge is -2.34. The Kier molecular flexibility index (Phi) is 6.90. The van der Waals surface area contributed by atoms with Crippen molar-refractivity contribution in [2.75, 3.05) is 31.9 Å². The van der Waals surface area contributed by atoms with Gasteiger partial charge in [-0.15, -0.1) is 11.3 Å². The molecule has 4 aromatic heterocycles. The lowest BCUT2D eigenvalue weighted by molar-refractivity contribution is 0.0623. The van der Waals surface area contributed by atoms with E-state index < -0.39 is 0 Å². The first-order chi connectivity index (χ1) is 20.6. The summed E-state index contributed by atoms with van der Waals surface area (Å²) in [5.74, 6) is 1.13. The maximum atomic E-state index is 12.6. The van der Waals surface area contributed by atoms with E-state index in [0.717, 1.165) is 53.3 Å². The molecule has 2 N–H and O–H groups in total. The SMILES string of the molecule is Nc1ncccc1-c1nc2ccc(-c3ccccc3)nc2n1-c1ccc(CN2CCN(C(=O)c3cscn3)CC2)cc1. The van der Waals surface area contributed by atoms with Crippen molar-refractivity contribution in [2.45, 2.75) is 6.54 Å². The number of nitrogens with zero attached hydrogens (tertiary/aromatic N) is 7. The summed E-state index contributed by atoms with van der Waals surface area (Å²) in [5, 5.41) is 1.81. The lowest BCUT2D eigenvalue weighted by atomic mass is 10.1. The molecule has 7 rings (SSSR count). The summed E-state index contributed by atoms with van der Waals surface area (Å²) in [4.78, 5) is 35.4. The van der Waals surface area contributed by atoms with E-state index in [-0.39, 0.29) is 5.91 Å². The predicted octanol–water partition coefficient (Wildman–Crippen LogP) is 5.15. The number of carbonyl (C=O) groups excluding carboxylic acids is 1. The van der Waals surface area contributed by atoms with Gasteiger partial charge in [-0.2, -0.15) is 0 Å². The summed E-state index contributed by atoms with van der Waals surface area (Å²) >= 11 is 1.45. The molecule has 9 nitrogen and oxygen atoms in total. The number of nitrogens with two attached hydrogens (primary N) is 1. The van der Waals surface area contributed by atoms with E-state index in [4.69, 9.17) is 15.7 Å². The molecule has 0 unspecified atom stereocenters. The normalized spacial score (nSPS) is 14.0. The van der Waals surface area contributed by atoms with Gasteiger partial charge in [-0.1, -0.05) is 42.5 Å². The van der Waals surface area contributed by atoms with Crippen molar-refractivity contribution in [1.29, 1.82) is 0 Å². The van der Waals surface area contributed by atoms with Gasteiger partial charge in [0.15, 0.2) is 11.5 Å². The summed E-state index contributed by atoms with van der Waals surface area (Å²) in [6, 6.07) is 26.4. The number of rotatable bonds is 6. The Labute approximate surface area is 246 Å². The van der Waals surface area contributed by atoms with Gasteiger partial charge in [-0.25, -0.2) is 19.9 Å². The largest absolute Gasteiger partial charge is 0.383 e. The van der Waals surface area contributed by atoms with E-state index in [9.17, 15) is 4.79 Å². The van der Waals surface area contributed by atoms with Crippen LogP contribution in [0.1, 0.15) is 16.1 Å². The average molecular weight is 573 g/mol. The maximum Gasteiger partial charge on any atom is 0.273 e. The fourth-order valence-electron chi connectivity index (χ4n) is 5.36. The number of anilines is 1. The van der Waals surface area contributed by atoms with Crippen LogP contribution in [-0.2, 0) is 6.54 Å². The van der Waals surface area contributed by atoms with E-state index in [1.165, 1.54) is 16.9 Å². The number of hydrogen-bond donors (Lipinski definition) is 1. The molecule has 0 atom stereocenters. The Morgan fingerprint density at radius 2 is 1.67 bits per heavy atom. The number of benzene rings is 2. The molecule has 5 heterocycles. The number of amides is 1. The first-order valence-corrected chi connectivity index (χ1v) is 14.7. The second-order valence-corrected chi connectivity index (χ2v) is 10.9. The quantitative estimate of drug-likeness (QED) is 0.294. The zero-order valence-corrected chi connectivity index (χ0v) is 23.6. The number of aromatic nitrogens is 5. The highest BCUT2D eigenvalue weighted by atomic mass is 32.1. The van der Waals surface area contributed by atoms with Crippen molar-refractivity contribution in [3.63, 3.8) is 0 Å². The first kappa shape index (κ1) is 26.0. The van der Waals surface area contributed by atoms with Crippen LogP contribution in [0, 0.1) is 0 Å². The molecule has 42 heavy (non-hydrogen) atoms. The molecule has 1 amide bonds. The highest BCUT2D eigenvalue weighted by Crippen LogP contribution is 2.32. The van der Waals surface area contributed by atoms with Crippen molar-refractivity contribution in [3.05, 3.63) is 107 Å². The number of pyridine rings is 2. The van der Waals surface area contributed by atoms with Gasteiger partial charge in [0.05, 0.1) is 16.8 Å². The zero-order chi connectivity index (χ0) is 28.5. The Balaban J connectivity index is 1.17. The number of imidazole rings is 1. The Morgan fingerprint density at radius 3 is 2.40 bits per heavy atom. The van der Waals surface area contributed by atoms with Gasteiger partial charge in [-0.3, -0.25) is 14.3 Å². The van der Waals surface area contributed by atoms with Crippen LogP contribution in [0.3, 0.4) is 0 Å². The average Bonchev–Trinajstić information content (AvgIpc) is 3.71. The van der Waals surface area contributed by atoms with Crippen LogP contribution in [0.15, 0.2) is 96.0 Å². The van der Waals surface area contributed by atoms with E-state index in [1.54, 1.807) is 11.7 Å². The molecule has 1 fully saturated rings. The van der Waals surface area contributed by atoms with Crippen LogP contribution in [0.2, 0.25) is 0 Å². The van der Waals surface area contributed by atoms with Crippen molar-refractivity contribution >= 4 is 34.2 Å². The van der Waals surface area contributed by atoms with Gasteiger partial charge in [0.25, 0.3) is 5.91 Å². The summed E-state index contributed by atoms with van der Waals surface area (Å²) < 4.78 is 2.06. The minimum atomic E-state index is 0.0156. The summed E-state index contributed by atoms with van der Waals surface area (Å²) in [6.07, 6.45) is 1.68. The molecule has 2 aromatic carbocycles. The molecular formula is C32H28N8OS. The topological polar surface area (TPSA) is 106 Å². The molecule has 0 radical (unpaired) electrons. The molecule has 0 spiro atoms. The fourth-order valence-corrected chi connectivity index (χ4v) is 5.88. The molecule has 0 bridgehead atoms. The Bertz CT molecular complexity index is 1840. The van der Waals surface area contributed by atoms with Gasteiger partial charge >= 0.3 is 0 Å². The fraction of sp³-hybridized carbons (Fsp3) is 0.156. The number of hydrogen-bond acceptors (Lipinski definition) is 8. The second kappa shape index (κ2) is 11.2. The number of thiazole rings is 1. The molecule has 0 saturated carbocycles. The number of piperazine rings is 1. The smallest absolute Gasteiger partial charge is 0.273 e. The van der Waals surface area contributed by atoms with Crippen LogP contribution < -0.4 is 5.73 Å². The van der Waals surface area contributed by atoms with Crippen molar-refractivity contribution < 1.29 is 4.79 Å². The van der Waals surface area contributed by atoms with Crippen LogP contribution >= 0.6 is 11.3 Å². The van der Waals surface area contributed by atoms with E-state index in [2.05, 4.69) is 55.8 Å². The third-order valence-electron chi connectivity index (χ3n) is 7.57. The van der Waals surface area contributed by atoms with Crippen molar-refractivity contribution in [1.82, 2.24) is 34.3 Å². The number of fused-ring (bicyclic) bond motifs is 1. The van der Waals surface area contributed by atoms with Crippen LogP contribution in [0.4, 0.5) is 5.82 Å². The maximum absolute atomic E-state index is 12.6. The van der Waals surface area contributed by atoms with Gasteiger partial charge in [0.1, 0.15) is 17.0 Å². The second-order valence-electron chi connectivity index (χ2n) is 10.2. The van der Waals surface area contributed by atoms with Gasteiger partial charge in [0.2, 0.25) is 0 Å². The number of carbonyl (C=O) groups is 1. The van der Waals surface area contributed by atoms with Gasteiger partial charge in [0, 0.05) is 55.6 Å². The van der Waals surface area contributed by atoms with E-state index in [1.807, 2.05) is 52.7 Å². The molecule has 10 heteroatoms. The summed E-state index contributed by atoms with van der Waals surface area (Å²) in [5.41, 5.74) is 14.9. The molecule has 1 aliphatic rings. The monoisotopic (exact) mass is 572 g/mol. The molecule has 1 aliphatic heterocycles. The minimum absolute atomic E-state index is 0.0156. The van der Waals surface area contributed by atoms with Crippen LogP contribution in [0.5, 0.6) is 0 Å².